The van der Waals surface area contributed by atoms with Gasteiger partial charge in [-0.25, -0.2) is 0 Å². The molecule has 2 fully saturated rings. The van der Waals surface area contributed by atoms with Gasteiger partial charge in [-0.15, -0.1) is 0 Å². The molecule has 1 aromatic carbocycles. The van der Waals surface area contributed by atoms with Crippen molar-refractivity contribution in [2.24, 2.45) is 11.8 Å². The zero-order chi connectivity index (χ0) is 17.8. The average molecular weight is 345 g/mol. The molecule has 1 saturated heterocycles. The first-order valence-corrected chi connectivity index (χ1v) is 9.17. The quantitative estimate of drug-likeness (QED) is 0.770. The Balaban J connectivity index is 1.63. The summed E-state index contributed by atoms with van der Waals surface area (Å²) in [5.41, 5.74) is 1.22. The number of fused-ring (bicyclic) bond motifs is 1. The van der Waals surface area contributed by atoms with Crippen LogP contribution in [-0.4, -0.2) is 42.6 Å². The normalized spacial score (nSPS) is 28.2. The summed E-state index contributed by atoms with van der Waals surface area (Å²) in [5.74, 6) is 0.616. The predicted molar refractivity (Wildman–Crippen MR) is 93.8 cm³/mol. The van der Waals surface area contributed by atoms with E-state index in [1.807, 2.05) is 18.2 Å². The number of benzene rings is 1. The van der Waals surface area contributed by atoms with Crippen molar-refractivity contribution in [1.82, 2.24) is 4.90 Å². The molecular formula is C20H27NO4. The minimum absolute atomic E-state index is 0.0518. The Morgan fingerprint density at radius 1 is 1.16 bits per heavy atom. The summed E-state index contributed by atoms with van der Waals surface area (Å²) in [6.07, 6.45) is 2.97. The Kier molecular flexibility index (Phi) is 5.74. The Hall–Kier alpha value is -1.88. The van der Waals surface area contributed by atoms with Crippen molar-refractivity contribution in [1.29, 1.82) is 0 Å². The summed E-state index contributed by atoms with van der Waals surface area (Å²) in [6.45, 7) is 4.43. The lowest BCUT2D eigenvalue weighted by atomic mass is 9.86. The van der Waals surface area contributed by atoms with E-state index in [4.69, 9.17) is 9.47 Å². The fraction of sp³-hybridized carbons (Fsp3) is 0.600. The number of nitrogens with zero attached hydrogens (tertiary/aromatic N) is 1. The molecule has 0 aromatic heterocycles. The molecule has 2 aliphatic rings. The second kappa shape index (κ2) is 8.00. The van der Waals surface area contributed by atoms with Crippen molar-refractivity contribution in [3.63, 3.8) is 0 Å². The maximum Gasteiger partial charge on any atom is 0.325 e. The monoisotopic (exact) mass is 345 g/mol. The molecule has 5 nitrogen and oxygen atoms in total. The highest BCUT2D eigenvalue weighted by atomic mass is 16.5. The summed E-state index contributed by atoms with van der Waals surface area (Å²) in [4.78, 5) is 25.6. The Morgan fingerprint density at radius 2 is 1.88 bits per heavy atom. The lowest BCUT2D eigenvalue weighted by Crippen LogP contribution is -2.41. The maximum absolute atomic E-state index is 12.0. The summed E-state index contributed by atoms with van der Waals surface area (Å²) < 4.78 is 11.1. The van der Waals surface area contributed by atoms with Crippen LogP contribution in [0.4, 0.5) is 0 Å². The van der Waals surface area contributed by atoms with Gasteiger partial charge in [-0.1, -0.05) is 30.3 Å². The van der Waals surface area contributed by atoms with Crippen LogP contribution >= 0.6 is 0 Å². The second-order valence-corrected chi connectivity index (χ2v) is 7.07. The molecule has 1 aromatic rings. The minimum Gasteiger partial charge on any atom is -0.465 e. The molecule has 1 heterocycles. The van der Waals surface area contributed by atoms with Crippen molar-refractivity contribution >= 4 is 11.9 Å². The fourth-order valence-electron chi connectivity index (χ4n) is 4.25. The van der Waals surface area contributed by atoms with E-state index >= 15 is 0 Å². The van der Waals surface area contributed by atoms with Gasteiger partial charge in [-0.3, -0.25) is 9.59 Å². The molecule has 1 aliphatic heterocycles. The number of hydrogen-bond donors (Lipinski definition) is 0. The fourth-order valence-corrected chi connectivity index (χ4v) is 4.25. The van der Waals surface area contributed by atoms with Gasteiger partial charge in [-0.05, 0) is 43.6 Å². The first kappa shape index (κ1) is 17.9. The number of ether oxygens (including phenoxy) is 2. The molecule has 0 bridgehead atoms. The number of hydrogen-bond acceptors (Lipinski definition) is 4. The van der Waals surface area contributed by atoms with Crippen molar-refractivity contribution in [2.75, 3.05) is 19.8 Å². The summed E-state index contributed by atoms with van der Waals surface area (Å²) in [6, 6.07) is 10.4. The number of esters is 1. The van der Waals surface area contributed by atoms with Gasteiger partial charge < -0.3 is 14.4 Å². The number of rotatable bonds is 5. The Bertz CT molecular complexity index is 603. The van der Waals surface area contributed by atoms with E-state index in [9.17, 15) is 9.59 Å². The van der Waals surface area contributed by atoms with Crippen LogP contribution in [-0.2, 0) is 19.1 Å². The molecule has 0 spiro atoms. The summed E-state index contributed by atoms with van der Waals surface area (Å²) in [7, 11) is 0. The molecule has 1 saturated carbocycles. The Morgan fingerprint density at radius 3 is 2.56 bits per heavy atom. The van der Waals surface area contributed by atoms with E-state index < -0.39 is 0 Å². The first-order valence-electron chi connectivity index (χ1n) is 9.17. The standard InChI is InChI=1S/C20H27NO4/c1-3-24-20(23)12-21(14(2)22)18-9-16-11-19(25-13-17(16)10-18)15-7-5-4-6-8-15/h4-8,16-19H,3,9-13H2,1-2H3/t16-,17+,18-,19-/m0/s1. The predicted octanol–water partition coefficient (Wildman–Crippen LogP) is 2.95. The van der Waals surface area contributed by atoms with Crippen LogP contribution in [0.25, 0.3) is 0 Å². The van der Waals surface area contributed by atoms with Crippen LogP contribution in [0.1, 0.15) is 44.8 Å². The molecule has 0 unspecified atom stereocenters. The van der Waals surface area contributed by atoms with Crippen molar-refractivity contribution in [3.05, 3.63) is 35.9 Å². The van der Waals surface area contributed by atoms with Crippen LogP contribution in [0.2, 0.25) is 0 Å². The third-order valence-corrected chi connectivity index (χ3v) is 5.47. The molecule has 0 N–H and O–H groups in total. The van der Waals surface area contributed by atoms with Crippen LogP contribution < -0.4 is 0 Å². The zero-order valence-electron chi connectivity index (χ0n) is 15.0. The molecule has 4 atom stereocenters. The van der Waals surface area contributed by atoms with Crippen LogP contribution in [0.5, 0.6) is 0 Å². The number of carbonyl (C=O) groups excluding carboxylic acids is 2. The lowest BCUT2D eigenvalue weighted by Gasteiger charge is -2.32. The molecule has 0 radical (unpaired) electrons. The largest absolute Gasteiger partial charge is 0.465 e. The van der Waals surface area contributed by atoms with E-state index in [0.717, 1.165) is 25.9 Å². The van der Waals surface area contributed by atoms with Gasteiger partial charge in [0.2, 0.25) is 5.91 Å². The highest BCUT2D eigenvalue weighted by Crippen LogP contribution is 2.45. The van der Waals surface area contributed by atoms with E-state index in [1.165, 1.54) is 12.5 Å². The zero-order valence-corrected chi connectivity index (χ0v) is 15.0. The van der Waals surface area contributed by atoms with Gasteiger partial charge in [0, 0.05) is 13.0 Å². The van der Waals surface area contributed by atoms with Gasteiger partial charge in [0.25, 0.3) is 0 Å². The Labute approximate surface area is 149 Å². The SMILES string of the molecule is CCOC(=O)CN(C(C)=O)[C@@H]1C[C@@H]2CO[C@H](c3ccccc3)C[C@@H]2C1. The van der Waals surface area contributed by atoms with Gasteiger partial charge in [-0.2, -0.15) is 0 Å². The number of carbonyl (C=O) groups is 2. The molecule has 1 aliphatic carbocycles. The van der Waals surface area contributed by atoms with E-state index in [1.54, 1.807) is 11.8 Å². The van der Waals surface area contributed by atoms with Gasteiger partial charge in [0.05, 0.1) is 19.3 Å². The highest BCUT2D eigenvalue weighted by molar-refractivity contribution is 5.80. The molecule has 3 rings (SSSR count). The van der Waals surface area contributed by atoms with Crippen molar-refractivity contribution in [3.8, 4) is 0 Å². The van der Waals surface area contributed by atoms with E-state index in [-0.39, 0.29) is 30.6 Å². The van der Waals surface area contributed by atoms with Gasteiger partial charge >= 0.3 is 5.97 Å². The van der Waals surface area contributed by atoms with Gasteiger partial charge in [0.15, 0.2) is 0 Å². The minimum atomic E-state index is -0.328. The summed E-state index contributed by atoms with van der Waals surface area (Å²) in [5, 5.41) is 0. The van der Waals surface area contributed by atoms with Crippen LogP contribution in [0.15, 0.2) is 30.3 Å². The van der Waals surface area contributed by atoms with E-state index in [0.29, 0.717) is 18.4 Å². The average Bonchev–Trinajstić information content (AvgIpc) is 3.03. The van der Waals surface area contributed by atoms with Crippen LogP contribution in [0, 0.1) is 11.8 Å². The molecule has 1 amide bonds. The van der Waals surface area contributed by atoms with E-state index in [2.05, 4.69) is 12.1 Å². The molecular weight excluding hydrogens is 318 g/mol. The lowest BCUT2D eigenvalue weighted by molar-refractivity contribution is -0.149. The topological polar surface area (TPSA) is 55.8 Å². The summed E-state index contributed by atoms with van der Waals surface area (Å²) >= 11 is 0. The molecule has 25 heavy (non-hydrogen) atoms. The number of amides is 1. The van der Waals surface area contributed by atoms with Crippen LogP contribution in [0.3, 0.4) is 0 Å². The smallest absolute Gasteiger partial charge is 0.325 e. The third-order valence-electron chi connectivity index (χ3n) is 5.47. The van der Waals surface area contributed by atoms with Crippen molar-refractivity contribution < 1.29 is 19.1 Å². The highest BCUT2D eigenvalue weighted by Gasteiger charge is 2.42. The van der Waals surface area contributed by atoms with Crippen molar-refractivity contribution in [2.45, 2.75) is 45.3 Å². The van der Waals surface area contributed by atoms with Gasteiger partial charge in [0.1, 0.15) is 6.54 Å². The molecule has 5 heteroatoms. The third kappa shape index (κ3) is 4.21. The second-order valence-electron chi connectivity index (χ2n) is 7.07. The molecule has 136 valence electrons. The first-order chi connectivity index (χ1) is 12.1. The maximum atomic E-state index is 12.0.